The number of rotatable bonds is 6. The Bertz CT molecular complexity index is 407. The minimum Gasteiger partial charge on any atom is -0.496 e. The van der Waals surface area contributed by atoms with Gasteiger partial charge in [-0.25, -0.2) is 0 Å². The van der Waals surface area contributed by atoms with Crippen molar-refractivity contribution in [3.63, 3.8) is 0 Å². The molecule has 3 nitrogen and oxygen atoms in total. The number of hydrogen-bond acceptors (Lipinski definition) is 2. The lowest BCUT2D eigenvalue weighted by molar-refractivity contribution is -0.129. The van der Waals surface area contributed by atoms with E-state index in [0.29, 0.717) is 6.42 Å². The molecular weight excluding hydrogens is 294 g/mol. The number of carbonyl (C=O) groups is 1. The van der Waals surface area contributed by atoms with Crippen LogP contribution < -0.4 is 4.74 Å². The van der Waals surface area contributed by atoms with Crippen LogP contribution in [0.15, 0.2) is 22.7 Å². The second-order valence-electron chi connectivity index (χ2n) is 4.31. The molecule has 1 rings (SSSR count). The molecule has 1 amide bonds. The Labute approximate surface area is 117 Å². The van der Waals surface area contributed by atoms with Crippen LogP contribution in [-0.2, 0) is 11.2 Å². The van der Waals surface area contributed by atoms with Gasteiger partial charge in [-0.3, -0.25) is 4.79 Å². The average molecular weight is 314 g/mol. The smallest absolute Gasteiger partial charge is 0.226 e. The average Bonchev–Trinajstić information content (AvgIpc) is 2.36. The second-order valence-corrected chi connectivity index (χ2v) is 5.17. The predicted octanol–water partition coefficient (Wildman–Crippen LogP) is 3.26. The van der Waals surface area contributed by atoms with E-state index in [9.17, 15) is 4.79 Å². The maximum atomic E-state index is 12.0. The molecule has 0 fully saturated rings. The van der Waals surface area contributed by atoms with Crippen molar-refractivity contribution in [2.75, 3.05) is 20.7 Å². The van der Waals surface area contributed by atoms with Gasteiger partial charge in [-0.2, -0.15) is 0 Å². The minimum atomic E-state index is 0.153. The fraction of sp³-hybridized carbons (Fsp3) is 0.500. The summed E-state index contributed by atoms with van der Waals surface area (Å²) in [5.41, 5.74) is 0.996. The number of halogens is 1. The van der Waals surface area contributed by atoms with Crippen molar-refractivity contribution in [2.24, 2.45) is 0 Å². The third kappa shape index (κ3) is 4.33. The van der Waals surface area contributed by atoms with Crippen LogP contribution in [0.2, 0.25) is 0 Å². The van der Waals surface area contributed by atoms with Gasteiger partial charge in [0.15, 0.2) is 0 Å². The Hall–Kier alpha value is -1.03. The summed E-state index contributed by atoms with van der Waals surface area (Å²) in [6.45, 7) is 2.95. The van der Waals surface area contributed by atoms with Gasteiger partial charge in [-0.05, 0) is 40.0 Å². The van der Waals surface area contributed by atoms with Gasteiger partial charge >= 0.3 is 0 Å². The zero-order valence-corrected chi connectivity index (χ0v) is 12.8. The fourth-order valence-corrected chi connectivity index (χ4v) is 2.24. The Morgan fingerprint density at radius 2 is 2.17 bits per heavy atom. The third-order valence-corrected chi connectivity index (χ3v) is 3.46. The molecule has 18 heavy (non-hydrogen) atoms. The summed E-state index contributed by atoms with van der Waals surface area (Å²) < 4.78 is 6.04. The maximum absolute atomic E-state index is 12.0. The van der Waals surface area contributed by atoms with Crippen LogP contribution in [0, 0.1) is 0 Å². The molecule has 0 aliphatic heterocycles. The predicted molar refractivity (Wildman–Crippen MR) is 76.9 cm³/mol. The summed E-state index contributed by atoms with van der Waals surface area (Å²) in [5.74, 6) is 0.936. The molecule has 4 heteroatoms. The molecule has 0 spiro atoms. The van der Waals surface area contributed by atoms with E-state index in [2.05, 4.69) is 22.9 Å². The van der Waals surface area contributed by atoms with Gasteiger partial charge in [0, 0.05) is 13.6 Å². The van der Waals surface area contributed by atoms with Crippen LogP contribution in [0.5, 0.6) is 5.75 Å². The molecular formula is C14H20BrNO2. The monoisotopic (exact) mass is 313 g/mol. The van der Waals surface area contributed by atoms with Crippen molar-refractivity contribution >= 4 is 21.8 Å². The molecule has 0 aliphatic carbocycles. The largest absolute Gasteiger partial charge is 0.496 e. The highest BCUT2D eigenvalue weighted by Gasteiger charge is 2.10. The molecule has 0 unspecified atom stereocenters. The van der Waals surface area contributed by atoms with Gasteiger partial charge in [0.05, 0.1) is 18.0 Å². The van der Waals surface area contributed by atoms with Gasteiger partial charge in [0.25, 0.3) is 0 Å². The summed E-state index contributed by atoms with van der Waals surface area (Å²) in [6.07, 6.45) is 2.59. The van der Waals surface area contributed by atoms with E-state index in [1.54, 1.807) is 12.0 Å². The Kier molecular flexibility index (Phi) is 6.19. The first-order chi connectivity index (χ1) is 8.58. The number of methoxy groups -OCH3 is 1. The van der Waals surface area contributed by atoms with Crippen LogP contribution in [0.4, 0.5) is 0 Å². The molecule has 0 saturated carbocycles. The van der Waals surface area contributed by atoms with E-state index in [-0.39, 0.29) is 5.91 Å². The van der Waals surface area contributed by atoms with Gasteiger partial charge in [0.2, 0.25) is 5.91 Å². The highest BCUT2D eigenvalue weighted by atomic mass is 79.9. The number of nitrogens with zero attached hydrogens (tertiary/aromatic N) is 1. The fourth-order valence-electron chi connectivity index (χ4n) is 1.65. The van der Waals surface area contributed by atoms with Gasteiger partial charge < -0.3 is 9.64 Å². The molecule has 0 bridgehead atoms. The molecule has 0 heterocycles. The summed E-state index contributed by atoms with van der Waals surface area (Å²) in [6, 6.07) is 5.73. The number of carbonyl (C=O) groups excluding carboxylic acids is 1. The van der Waals surface area contributed by atoms with Crippen LogP contribution in [0.1, 0.15) is 25.3 Å². The highest BCUT2D eigenvalue weighted by molar-refractivity contribution is 9.10. The number of benzene rings is 1. The summed E-state index contributed by atoms with van der Waals surface area (Å²) in [4.78, 5) is 13.8. The first kappa shape index (κ1) is 15.0. The molecule has 0 saturated heterocycles. The molecule has 0 aliphatic rings. The quantitative estimate of drug-likeness (QED) is 0.806. The lowest BCUT2D eigenvalue weighted by Gasteiger charge is -2.17. The van der Waals surface area contributed by atoms with Gasteiger partial charge in [-0.15, -0.1) is 0 Å². The number of amides is 1. The number of unbranched alkanes of at least 4 members (excludes halogenated alkanes) is 1. The maximum Gasteiger partial charge on any atom is 0.226 e. The molecule has 0 radical (unpaired) electrons. The number of likely N-dealkylation sites (N-methyl/N-ethyl adjacent to an activating group) is 1. The van der Waals surface area contributed by atoms with E-state index < -0.39 is 0 Å². The van der Waals surface area contributed by atoms with Gasteiger partial charge in [0.1, 0.15) is 5.75 Å². The topological polar surface area (TPSA) is 29.5 Å². The minimum absolute atomic E-state index is 0.153. The first-order valence-corrected chi connectivity index (χ1v) is 6.94. The first-order valence-electron chi connectivity index (χ1n) is 6.14. The highest BCUT2D eigenvalue weighted by Crippen LogP contribution is 2.25. The van der Waals surface area contributed by atoms with E-state index in [4.69, 9.17) is 4.74 Å². The Morgan fingerprint density at radius 3 is 2.72 bits per heavy atom. The van der Waals surface area contributed by atoms with Crippen LogP contribution >= 0.6 is 15.9 Å². The van der Waals surface area contributed by atoms with E-state index in [0.717, 1.165) is 35.2 Å². The van der Waals surface area contributed by atoms with Crippen molar-refractivity contribution < 1.29 is 9.53 Å². The third-order valence-electron chi connectivity index (χ3n) is 2.84. The molecule has 0 atom stereocenters. The van der Waals surface area contributed by atoms with Crippen LogP contribution in [0.25, 0.3) is 0 Å². The zero-order valence-electron chi connectivity index (χ0n) is 11.2. The van der Waals surface area contributed by atoms with Crippen molar-refractivity contribution in [1.29, 1.82) is 0 Å². The summed E-state index contributed by atoms with van der Waals surface area (Å²) >= 11 is 3.43. The van der Waals surface area contributed by atoms with Gasteiger partial charge in [-0.1, -0.05) is 19.4 Å². The SMILES string of the molecule is CCCCN(C)C(=O)Cc1ccc(OC)c(Br)c1. The van der Waals surface area contributed by atoms with E-state index >= 15 is 0 Å². The van der Waals surface area contributed by atoms with E-state index in [1.165, 1.54) is 0 Å². The van der Waals surface area contributed by atoms with E-state index in [1.807, 2.05) is 25.2 Å². The van der Waals surface area contributed by atoms with Crippen molar-refractivity contribution in [3.8, 4) is 5.75 Å². The number of ether oxygens (including phenoxy) is 1. The molecule has 100 valence electrons. The molecule has 1 aromatic rings. The van der Waals surface area contributed by atoms with Crippen molar-refractivity contribution in [3.05, 3.63) is 28.2 Å². The van der Waals surface area contributed by atoms with Crippen LogP contribution in [-0.4, -0.2) is 31.5 Å². The Balaban J connectivity index is 2.61. The molecule has 1 aromatic carbocycles. The normalized spacial score (nSPS) is 10.2. The standard InChI is InChI=1S/C14H20BrNO2/c1-4-5-8-16(2)14(17)10-11-6-7-13(18-3)12(15)9-11/h6-7,9H,4-5,8,10H2,1-3H3. The van der Waals surface area contributed by atoms with Crippen LogP contribution in [0.3, 0.4) is 0 Å². The second kappa shape index (κ2) is 7.41. The number of hydrogen-bond donors (Lipinski definition) is 0. The lowest BCUT2D eigenvalue weighted by Crippen LogP contribution is -2.29. The Morgan fingerprint density at radius 1 is 1.44 bits per heavy atom. The molecule has 0 N–H and O–H groups in total. The lowest BCUT2D eigenvalue weighted by atomic mass is 10.1. The zero-order chi connectivity index (χ0) is 13.5. The van der Waals surface area contributed by atoms with Crippen molar-refractivity contribution in [1.82, 2.24) is 4.90 Å². The van der Waals surface area contributed by atoms with Crippen molar-refractivity contribution in [2.45, 2.75) is 26.2 Å². The summed E-state index contributed by atoms with van der Waals surface area (Å²) in [7, 11) is 3.49. The summed E-state index contributed by atoms with van der Waals surface area (Å²) in [5, 5.41) is 0. The molecule has 0 aromatic heterocycles.